The van der Waals surface area contributed by atoms with Crippen molar-refractivity contribution in [2.75, 3.05) is 27.3 Å². The summed E-state index contributed by atoms with van der Waals surface area (Å²) in [6.07, 6.45) is 4.70. The number of alkyl halides is 2. The van der Waals surface area contributed by atoms with Crippen LogP contribution < -0.4 is 15.4 Å². The highest BCUT2D eigenvalue weighted by Gasteiger charge is 2.36. The van der Waals surface area contributed by atoms with Crippen molar-refractivity contribution in [3.8, 4) is 5.75 Å². The van der Waals surface area contributed by atoms with Gasteiger partial charge in [0.25, 0.3) is 0 Å². The quantitative estimate of drug-likeness (QED) is 0.528. The van der Waals surface area contributed by atoms with E-state index < -0.39 is 6.61 Å². The van der Waals surface area contributed by atoms with E-state index in [0.717, 1.165) is 25.1 Å². The van der Waals surface area contributed by atoms with Crippen molar-refractivity contribution in [2.24, 2.45) is 10.4 Å². The third kappa shape index (κ3) is 6.16. The number of nitrogens with zero attached hydrogens (tertiary/aromatic N) is 1. The van der Waals surface area contributed by atoms with Crippen LogP contribution in [-0.4, -0.2) is 39.9 Å². The van der Waals surface area contributed by atoms with Crippen molar-refractivity contribution in [3.63, 3.8) is 0 Å². The standard InChI is InChI=1S/C18H27F2N3O2/c1-21-17(23-13-18(7-4-8-18)9-10-24-2)22-12-14-5-3-6-15(11-14)25-16(19)20/h3,5-6,11,16H,4,7-10,12-13H2,1-2H3,(H2,21,22,23). The smallest absolute Gasteiger partial charge is 0.387 e. The number of halogens is 2. The number of ether oxygens (including phenoxy) is 2. The van der Waals surface area contributed by atoms with Crippen LogP contribution in [0.1, 0.15) is 31.2 Å². The Bertz CT molecular complexity index is 563. The van der Waals surface area contributed by atoms with Crippen LogP contribution in [0.2, 0.25) is 0 Å². The molecule has 0 bridgehead atoms. The van der Waals surface area contributed by atoms with Crippen molar-refractivity contribution < 1.29 is 18.3 Å². The largest absolute Gasteiger partial charge is 0.435 e. The van der Waals surface area contributed by atoms with E-state index in [1.165, 1.54) is 25.3 Å². The average Bonchev–Trinajstić information content (AvgIpc) is 2.56. The van der Waals surface area contributed by atoms with Crippen molar-refractivity contribution in [2.45, 2.75) is 38.8 Å². The molecule has 1 aliphatic rings. The van der Waals surface area contributed by atoms with Gasteiger partial charge in [0, 0.05) is 33.9 Å². The molecule has 1 saturated carbocycles. The van der Waals surface area contributed by atoms with Gasteiger partial charge in [-0.1, -0.05) is 18.6 Å². The zero-order chi connectivity index (χ0) is 18.1. The summed E-state index contributed by atoms with van der Waals surface area (Å²) in [5, 5.41) is 6.58. The minimum absolute atomic E-state index is 0.158. The Labute approximate surface area is 147 Å². The molecule has 0 atom stereocenters. The first-order valence-corrected chi connectivity index (χ1v) is 8.54. The third-order valence-corrected chi connectivity index (χ3v) is 4.69. The number of hydrogen-bond acceptors (Lipinski definition) is 3. The predicted octanol–water partition coefficient (Wildman–Crippen LogP) is 3.16. The lowest BCUT2D eigenvalue weighted by Gasteiger charge is -2.42. The second-order valence-electron chi connectivity index (χ2n) is 6.40. The van der Waals surface area contributed by atoms with Crippen LogP contribution >= 0.6 is 0 Å². The van der Waals surface area contributed by atoms with Gasteiger partial charge in [0.05, 0.1) is 0 Å². The van der Waals surface area contributed by atoms with E-state index in [2.05, 4.69) is 20.4 Å². The van der Waals surface area contributed by atoms with E-state index in [4.69, 9.17) is 4.74 Å². The fourth-order valence-corrected chi connectivity index (χ4v) is 3.02. The van der Waals surface area contributed by atoms with Crippen LogP contribution in [0.25, 0.3) is 0 Å². The van der Waals surface area contributed by atoms with E-state index >= 15 is 0 Å². The van der Waals surface area contributed by atoms with Gasteiger partial charge < -0.3 is 20.1 Å². The van der Waals surface area contributed by atoms with E-state index in [1.807, 2.05) is 6.07 Å². The highest BCUT2D eigenvalue weighted by Crippen LogP contribution is 2.43. The second-order valence-corrected chi connectivity index (χ2v) is 6.40. The zero-order valence-electron chi connectivity index (χ0n) is 14.9. The van der Waals surface area contributed by atoms with Crippen LogP contribution in [0.5, 0.6) is 5.75 Å². The molecule has 7 heteroatoms. The maximum Gasteiger partial charge on any atom is 0.387 e. The minimum Gasteiger partial charge on any atom is -0.435 e. The molecule has 0 unspecified atom stereocenters. The van der Waals surface area contributed by atoms with E-state index in [0.29, 0.717) is 17.9 Å². The van der Waals surface area contributed by atoms with Gasteiger partial charge in [0.15, 0.2) is 5.96 Å². The Balaban J connectivity index is 1.82. The summed E-state index contributed by atoms with van der Waals surface area (Å²) in [7, 11) is 3.44. The molecule has 0 aliphatic heterocycles. The first-order valence-electron chi connectivity index (χ1n) is 8.54. The molecule has 5 nitrogen and oxygen atoms in total. The van der Waals surface area contributed by atoms with Gasteiger partial charge in [0.2, 0.25) is 0 Å². The molecule has 0 radical (unpaired) electrons. The topological polar surface area (TPSA) is 54.9 Å². The summed E-state index contributed by atoms with van der Waals surface area (Å²) >= 11 is 0. The molecule has 1 aliphatic carbocycles. The maximum absolute atomic E-state index is 12.3. The number of methoxy groups -OCH3 is 1. The fourth-order valence-electron chi connectivity index (χ4n) is 3.02. The van der Waals surface area contributed by atoms with Crippen LogP contribution in [0.15, 0.2) is 29.3 Å². The Morgan fingerprint density at radius 3 is 2.72 bits per heavy atom. The van der Waals surface area contributed by atoms with Gasteiger partial charge in [-0.3, -0.25) is 4.99 Å². The Morgan fingerprint density at radius 1 is 1.32 bits per heavy atom. The lowest BCUT2D eigenvalue weighted by atomic mass is 9.67. The van der Waals surface area contributed by atoms with Crippen LogP contribution in [0.3, 0.4) is 0 Å². The number of nitrogens with one attached hydrogen (secondary N) is 2. The van der Waals surface area contributed by atoms with Crippen molar-refractivity contribution >= 4 is 5.96 Å². The van der Waals surface area contributed by atoms with Gasteiger partial charge in [-0.25, -0.2) is 0 Å². The summed E-state index contributed by atoms with van der Waals surface area (Å²) in [5.74, 6) is 0.856. The third-order valence-electron chi connectivity index (χ3n) is 4.69. The monoisotopic (exact) mass is 355 g/mol. The second kappa shape index (κ2) is 9.56. The van der Waals surface area contributed by atoms with E-state index in [1.54, 1.807) is 26.3 Å². The fraction of sp³-hybridized carbons (Fsp3) is 0.611. The van der Waals surface area contributed by atoms with Crippen molar-refractivity contribution in [3.05, 3.63) is 29.8 Å². The van der Waals surface area contributed by atoms with Crippen LogP contribution in [0.4, 0.5) is 8.78 Å². The molecular weight excluding hydrogens is 328 g/mol. The van der Waals surface area contributed by atoms with Gasteiger partial charge in [0.1, 0.15) is 5.75 Å². The molecule has 1 fully saturated rings. The molecule has 0 heterocycles. The van der Waals surface area contributed by atoms with Crippen molar-refractivity contribution in [1.29, 1.82) is 0 Å². The van der Waals surface area contributed by atoms with E-state index in [9.17, 15) is 8.78 Å². The molecule has 140 valence electrons. The van der Waals surface area contributed by atoms with Gasteiger partial charge in [-0.2, -0.15) is 8.78 Å². The number of guanidine groups is 1. The summed E-state index contributed by atoms with van der Waals surface area (Å²) in [5.41, 5.74) is 1.14. The van der Waals surface area contributed by atoms with Crippen LogP contribution in [-0.2, 0) is 11.3 Å². The Kier molecular flexibility index (Phi) is 7.43. The predicted molar refractivity (Wildman–Crippen MR) is 94.1 cm³/mol. The minimum atomic E-state index is -2.82. The Hall–Kier alpha value is -1.89. The normalized spacial score (nSPS) is 16.4. The van der Waals surface area contributed by atoms with Crippen LogP contribution in [0, 0.1) is 5.41 Å². The van der Waals surface area contributed by atoms with Gasteiger partial charge in [-0.15, -0.1) is 0 Å². The zero-order valence-corrected chi connectivity index (χ0v) is 14.9. The number of aliphatic imine (C=N–C) groups is 1. The highest BCUT2D eigenvalue weighted by molar-refractivity contribution is 5.79. The molecule has 1 aromatic rings. The first-order chi connectivity index (χ1) is 12.1. The molecular formula is C18H27F2N3O2. The Morgan fingerprint density at radius 2 is 2.12 bits per heavy atom. The molecule has 0 amide bonds. The number of rotatable bonds is 9. The molecule has 1 aromatic carbocycles. The van der Waals surface area contributed by atoms with Crippen molar-refractivity contribution in [1.82, 2.24) is 10.6 Å². The molecule has 2 N–H and O–H groups in total. The summed E-state index contributed by atoms with van der Waals surface area (Å²) in [6, 6.07) is 6.65. The van der Waals surface area contributed by atoms with Gasteiger partial charge in [-0.05, 0) is 42.4 Å². The molecule has 0 spiro atoms. The SMILES string of the molecule is CN=C(NCc1cccc(OC(F)F)c1)NCC1(CCOC)CCC1. The van der Waals surface area contributed by atoms with Gasteiger partial charge >= 0.3 is 6.61 Å². The average molecular weight is 355 g/mol. The molecule has 2 rings (SSSR count). The first kappa shape index (κ1) is 19.4. The number of benzene rings is 1. The summed E-state index contributed by atoms with van der Waals surface area (Å²) < 4.78 is 34.2. The molecule has 0 saturated heterocycles. The number of hydrogen-bond donors (Lipinski definition) is 2. The molecule has 25 heavy (non-hydrogen) atoms. The lowest BCUT2D eigenvalue weighted by molar-refractivity contribution is -0.0498. The summed E-state index contributed by atoms with van der Waals surface area (Å²) in [6.45, 7) is -0.719. The highest BCUT2D eigenvalue weighted by atomic mass is 19.3. The molecule has 0 aromatic heterocycles. The summed E-state index contributed by atoms with van der Waals surface area (Å²) in [4.78, 5) is 4.23. The van der Waals surface area contributed by atoms with E-state index in [-0.39, 0.29) is 5.75 Å². The maximum atomic E-state index is 12.3. The lowest BCUT2D eigenvalue weighted by Crippen LogP contribution is -2.46.